The van der Waals surface area contributed by atoms with Crippen molar-refractivity contribution in [1.29, 1.82) is 0 Å². The molecule has 2 aliphatic rings. The van der Waals surface area contributed by atoms with Crippen molar-refractivity contribution in [1.82, 2.24) is 9.88 Å². The van der Waals surface area contributed by atoms with Crippen molar-refractivity contribution in [2.24, 2.45) is 0 Å². The van der Waals surface area contributed by atoms with Crippen LogP contribution in [0.25, 0.3) is 11.3 Å². The van der Waals surface area contributed by atoms with Gasteiger partial charge >= 0.3 is 0 Å². The molecule has 3 heterocycles. The van der Waals surface area contributed by atoms with Gasteiger partial charge in [-0.1, -0.05) is 23.7 Å². The minimum Gasteiger partial charge on any atom is -0.439 e. The fraction of sp³-hybridized carbons (Fsp3) is 0.550. The van der Waals surface area contributed by atoms with Gasteiger partial charge in [0, 0.05) is 36.9 Å². The van der Waals surface area contributed by atoms with Gasteiger partial charge in [-0.25, -0.2) is 4.98 Å². The van der Waals surface area contributed by atoms with Crippen LogP contribution in [0.5, 0.6) is 0 Å². The SMILES string of the molecule is Clc1cccc(-c2cnc(CN(C[C@H]3CCCO3)C[C@H]3CCCO3)o2)c1. The Morgan fingerprint density at radius 2 is 1.81 bits per heavy atom. The number of hydrogen-bond acceptors (Lipinski definition) is 5. The van der Waals surface area contributed by atoms with E-state index in [4.69, 9.17) is 25.5 Å². The Labute approximate surface area is 159 Å². The van der Waals surface area contributed by atoms with Gasteiger partial charge in [-0.05, 0) is 37.8 Å². The first kappa shape index (κ1) is 18.0. The summed E-state index contributed by atoms with van der Waals surface area (Å²) in [6.07, 6.45) is 6.93. The second-order valence-corrected chi connectivity index (χ2v) is 7.53. The van der Waals surface area contributed by atoms with Crippen LogP contribution < -0.4 is 0 Å². The molecule has 2 atom stereocenters. The number of halogens is 1. The van der Waals surface area contributed by atoms with Crippen LogP contribution in [0.15, 0.2) is 34.9 Å². The summed E-state index contributed by atoms with van der Waals surface area (Å²) in [5.74, 6) is 1.47. The highest BCUT2D eigenvalue weighted by Crippen LogP contribution is 2.25. The zero-order valence-electron chi connectivity index (χ0n) is 14.9. The second kappa shape index (κ2) is 8.53. The number of nitrogens with zero attached hydrogens (tertiary/aromatic N) is 2. The molecule has 0 bridgehead atoms. The molecular formula is C20H25ClN2O3. The van der Waals surface area contributed by atoms with Crippen molar-refractivity contribution < 1.29 is 13.9 Å². The third-order valence-corrected chi connectivity index (χ3v) is 5.23. The van der Waals surface area contributed by atoms with E-state index in [2.05, 4.69) is 9.88 Å². The van der Waals surface area contributed by atoms with E-state index in [-0.39, 0.29) is 0 Å². The number of ether oxygens (including phenoxy) is 2. The van der Waals surface area contributed by atoms with Gasteiger partial charge in [0.1, 0.15) is 0 Å². The lowest BCUT2D eigenvalue weighted by Gasteiger charge is -2.26. The number of benzene rings is 1. The van der Waals surface area contributed by atoms with E-state index in [1.807, 2.05) is 24.3 Å². The van der Waals surface area contributed by atoms with Gasteiger partial charge in [0.2, 0.25) is 5.89 Å². The first-order valence-corrected chi connectivity index (χ1v) is 9.80. The van der Waals surface area contributed by atoms with E-state index < -0.39 is 0 Å². The molecule has 1 aromatic carbocycles. The highest BCUT2D eigenvalue weighted by molar-refractivity contribution is 6.30. The summed E-state index contributed by atoms with van der Waals surface area (Å²) in [7, 11) is 0. The summed E-state index contributed by atoms with van der Waals surface area (Å²) in [5, 5.41) is 0.693. The Morgan fingerprint density at radius 1 is 1.08 bits per heavy atom. The second-order valence-electron chi connectivity index (χ2n) is 7.09. The highest BCUT2D eigenvalue weighted by Gasteiger charge is 2.25. The summed E-state index contributed by atoms with van der Waals surface area (Å²) in [6.45, 7) is 4.20. The van der Waals surface area contributed by atoms with Crippen molar-refractivity contribution in [3.63, 3.8) is 0 Å². The smallest absolute Gasteiger partial charge is 0.209 e. The van der Waals surface area contributed by atoms with Gasteiger partial charge in [0.25, 0.3) is 0 Å². The van der Waals surface area contributed by atoms with Gasteiger partial charge in [0.05, 0.1) is 24.9 Å². The molecule has 2 aliphatic heterocycles. The zero-order valence-corrected chi connectivity index (χ0v) is 15.7. The number of aromatic nitrogens is 1. The summed E-state index contributed by atoms with van der Waals surface area (Å²) in [5.41, 5.74) is 0.945. The molecule has 4 rings (SSSR count). The molecule has 0 saturated carbocycles. The average Bonchev–Trinajstić information content (AvgIpc) is 3.37. The Balaban J connectivity index is 1.44. The summed E-state index contributed by atoms with van der Waals surface area (Å²) < 4.78 is 17.6. The summed E-state index contributed by atoms with van der Waals surface area (Å²) >= 11 is 6.08. The van der Waals surface area contributed by atoms with Crippen molar-refractivity contribution in [2.45, 2.75) is 44.4 Å². The fourth-order valence-electron chi connectivity index (χ4n) is 3.71. The maximum absolute atomic E-state index is 6.08. The lowest BCUT2D eigenvalue weighted by atomic mass is 10.2. The maximum atomic E-state index is 6.08. The predicted molar refractivity (Wildman–Crippen MR) is 100 cm³/mol. The molecule has 6 heteroatoms. The average molecular weight is 377 g/mol. The minimum atomic E-state index is 0.304. The molecule has 0 amide bonds. The normalized spacial score (nSPS) is 23.2. The van der Waals surface area contributed by atoms with Crippen molar-refractivity contribution in [3.8, 4) is 11.3 Å². The van der Waals surface area contributed by atoms with Crippen molar-refractivity contribution in [3.05, 3.63) is 41.4 Å². The minimum absolute atomic E-state index is 0.304. The largest absolute Gasteiger partial charge is 0.439 e. The Kier molecular flexibility index (Phi) is 5.90. The van der Waals surface area contributed by atoms with Gasteiger partial charge in [-0.3, -0.25) is 4.90 Å². The van der Waals surface area contributed by atoms with Gasteiger partial charge < -0.3 is 13.9 Å². The topological polar surface area (TPSA) is 47.7 Å². The maximum Gasteiger partial charge on any atom is 0.209 e. The number of oxazole rings is 1. The van der Waals surface area contributed by atoms with Gasteiger partial charge in [0.15, 0.2) is 5.76 Å². The van der Waals surface area contributed by atoms with Crippen molar-refractivity contribution >= 4 is 11.6 Å². The van der Waals surface area contributed by atoms with E-state index in [9.17, 15) is 0 Å². The van der Waals surface area contributed by atoms with Crippen LogP contribution in [0, 0.1) is 0 Å². The van der Waals surface area contributed by atoms with E-state index in [1.165, 1.54) is 0 Å². The quantitative estimate of drug-likeness (QED) is 0.726. The van der Waals surface area contributed by atoms with E-state index >= 15 is 0 Å². The third kappa shape index (κ3) is 4.65. The number of rotatable bonds is 7. The van der Waals surface area contributed by atoms with E-state index in [0.29, 0.717) is 23.8 Å². The lowest BCUT2D eigenvalue weighted by molar-refractivity contribution is 0.0317. The molecule has 0 unspecified atom stereocenters. The van der Waals surface area contributed by atoms with Gasteiger partial charge in [-0.2, -0.15) is 0 Å². The molecular weight excluding hydrogens is 352 g/mol. The molecule has 2 saturated heterocycles. The molecule has 2 fully saturated rings. The van der Waals surface area contributed by atoms with E-state index in [0.717, 1.165) is 69.2 Å². The first-order chi connectivity index (χ1) is 12.8. The predicted octanol–water partition coefficient (Wildman–Crippen LogP) is 4.16. The molecule has 0 radical (unpaired) electrons. The molecule has 2 aromatic rings. The lowest BCUT2D eigenvalue weighted by Crippen LogP contribution is -2.37. The molecule has 5 nitrogen and oxygen atoms in total. The van der Waals surface area contributed by atoms with Crippen molar-refractivity contribution in [2.75, 3.05) is 26.3 Å². The van der Waals surface area contributed by atoms with Gasteiger partial charge in [-0.15, -0.1) is 0 Å². The number of hydrogen-bond donors (Lipinski definition) is 0. The Bertz CT molecular complexity index is 691. The van der Waals surface area contributed by atoms with Crippen LogP contribution in [0.4, 0.5) is 0 Å². The third-order valence-electron chi connectivity index (χ3n) is 4.99. The van der Waals surface area contributed by atoms with Crippen LogP contribution in [-0.2, 0) is 16.0 Å². The fourth-order valence-corrected chi connectivity index (χ4v) is 3.90. The van der Waals surface area contributed by atoms with Crippen LogP contribution in [-0.4, -0.2) is 48.4 Å². The van der Waals surface area contributed by atoms with Crippen LogP contribution in [0.1, 0.15) is 31.6 Å². The summed E-state index contributed by atoms with van der Waals surface area (Å²) in [4.78, 5) is 6.84. The van der Waals surface area contributed by atoms with Crippen LogP contribution >= 0.6 is 11.6 Å². The molecule has 0 N–H and O–H groups in total. The Hall–Kier alpha value is -1.40. The monoisotopic (exact) mass is 376 g/mol. The van der Waals surface area contributed by atoms with Crippen LogP contribution in [0.2, 0.25) is 5.02 Å². The zero-order chi connectivity index (χ0) is 17.8. The molecule has 1 aromatic heterocycles. The Morgan fingerprint density at radius 3 is 2.42 bits per heavy atom. The molecule has 0 aliphatic carbocycles. The first-order valence-electron chi connectivity index (χ1n) is 9.42. The molecule has 0 spiro atoms. The summed E-state index contributed by atoms with van der Waals surface area (Å²) in [6, 6.07) is 7.64. The highest BCUT2D eigenvalue weighted by atomic mass is 35.5. The molecule has 26 heavy (non-hydrogen) atoms. The standard InChI is InChI=1S/C20H25ClN2O3/c21-16-5-1-4-15(10-16)19-11-22-20(26-19)14-23(12-17-6-2-8-24-17)13-18-7-3-9-25-18/h1,4-5,10-11,17-18H,2-3,6-9,12-14H2/t17-,18-/m1/s1. The van der Waals surface area contributed by atoms with Crippen LogP contribution in [0.3, 0.4) is 0 Å². The van der Waals surface area contributed by atoms with E-state index in [1.54, 1.807) is 6.20 Å². The molecule has 140 valence electrons.